The molecule has 1 rings (SSSR count). The monoisotopic (exact) mass is 232 g/mol. The van der Waals surface area contributed by atoms with Crippen LogP contribution >= 0.6 is 11.8 Å². The van der Waals surface area contributed by atoms with Crippen LogP contribution in [0.3, 0.4) is 0 Å². The van der Waals surface area contributed by atoms with Crippen molar-refractivity contribution in [1.29, 1.82) is 0 Å². The first kappa shape index (κ1) is 12.2. The smallest absolute Gasteiger partial charge is 0.325 e. The van der Waals surface area contributed by atoms with E-state index in [0.29, 0.717) is 11.8 Å². The molecular formula is C9H16N2O3S. The highest BCUT2D eigenvalue weighted by Gasteiger charge is 2.18. The molecule has 15 heavy (non-hydrogen) atoms. The lowest BCUT2D eigenvalue weighted by atomic mass is 10.2. The topological polar surface area (TPSA) is 78.4 Å². The summed E-state index contributed by atoms with van der Waals surface area (Å²) in [5.41, 5.74) is 0. The molecule has 0 saturated carbocycles. The van der Waals surface area contributed by atoms with E-state index in [1.54, 1.807) is 0 Å². The molecule has 1 aliphatic heterocycles. The van der Waals surface area contributed by atoms with Crippen molar-refractivity contribution in [3.05, 3.63) is 0 Å². The third kappa shape index (κ3) is 4.42. The van der Waals surface area contributed by atoms with Gasteiger partial charge in [-0.25, -0.2) is 4.79 Å². The van der Waals surface area contributed by atoms with Crippen molar-refractivity contribution in [2.75, 3.05) is 12.3 Å². The first-order valence-corrected chi connectivity index (χ1v) is 6.03. The number of carbonyl (C=O) groups excluding carboxylic acids is 1. The van der Waals surface area contributed by atoms with Crippen molar-refractivity contribution in [3.63, 3.8) is 0 Å². The summed E-state index contributed by atoms with van der Waals surface area (Å²) in [6.45, 7) is 2.05. The lowest BCUT2D eigenvalue weighted by Gasteiger charge is -2.13. The van der Waals surface area contributed by atoms with Gasteiger partial charge >= 0.3 is 12.0 Å². The number of carboxylic acid groups (broad SMARTS) is 1. The highest BCUT2D eigenvalue weighted by Crippen LogP contribution is 2.25. The predicted molar refractivity (Wildman–Crippen MR) is 59.1 cm³/mol. The Morgan fingerprint density at radius 3 is 2.87 bits per heavy atom. The second-order valence-electron chi connectivity index (χ2n) is 3.55. The molecule has 2 unspecified atom stereocenters. The normalized spacial score (nSPS) is 22.1. The number of aliphatic carboxylic acids is 1. The number of hydrogen-bond acceptors (Lipinski definition) is 3. The van der Waals surface area contributed by atoms with Crippen LogP contribution in [0.25, 0.3) is 0 Å². The van der Waals surface area contributed by atoms with E-state index >= 15 is 0 Å². The van der Waals surface area contributed by atoms with Crippen LogP contribution in [0.2, 0.25) is 0 Å². The lowest BCUT2D eigenvalue weighted by Crippen LogP contribution is -2.45. The second kappa shape index (κ2) is 5.85. The zero-order valence-electron chi connectivity index (χ0n) is 8.66. The van der Waals surface area contributed by atoms with Crippen molar-refractivity contribution < 1.29 is 14.7 Å². The first-order valence-electron chi connectivity index (χ1n) is 4.98. The molecule has 2 atom stereocenters. The quantitative estimate of drug-likeness (QED) is 0.665. The Hall–Kier alpha value is -0.910. The molecule has 0 aromatic rings. The maximum absolute atomic E-state index is 11.2. The van der Waals surface area contributed by atoms with Crippen LogP contribution in [0.4, 0.5) is 4.79 Å². The Labute approximate surface area is 93.0 Å². The summed E-state index contributed by atoms with van der Waals surface area (Å²) in [6, 6.07) is -1.25. The van der Waals surface area contributed by atoms with Gasteiger partial charge in [0.25, 0.3) is 0 Å². The standard InChI is InChI=1S/C9H16N2O3S/c1-6(8(12)13)11-9(14)10-5-7-3-2-4-15-7/h6-7H,2-5H2,1H3,(H,12,13)(H2,10,11,14). The molecule has 1 aliphatic rings. The Morgan fingerprint density at radius 2 is 2.33 bits per heavy atom. The van der Waals surface area contributed by atoms with E-state index in [4.69, 9.17) is 5.11 Å². The fraction of sp³-hybridized carbons (Fsp3) is 0.778. The molecule has 6 heteroatoms. The summed E-state index contributed by atoms with van der Waals surface area (Å²) in [6.07, 6.45) is 2.32. The molecule has 0 radical (unpaired) electrons. The van der Waals surface area contributed by atoms with Gasteiger partial charge in [0.1, 0.15) is 6.04 Å². The number of urea groups is 1. The molecular weight excluding hydrogens is 216 g/mol. The highest BCUT2D eigenvalue weighted by molar-refractivity contribution is 8.00. The number of thioether (sulfide) groups is 1. The third-order valence-electron chi connectivity index (χ3n) is 2.23. The average Bonchev–Trinajstić information content (AvgIpc) is 2.66. The van der Waals surface area contributed by atoms with E-state index < -0.39 is 18.0 Å². The van der Waals surface area contributed by atoms with Gasteiger partial charge in [-0.3, -0.25) is 4.79 Å². The van der Waals surface area contributed by atoms with Crippen LogP contribution in [0.15, 0.2) is 0 Å². The van der Waals surface area contributed by atoms with Crippen molar-refractivity contribution in [2.24, 2.45) is 0 Å². The summed E-state index contributed by atoms with van der Waals surface area (Å²) in [7, 11) is 0. The molecule has 0 bridgehead atoms. The van der Waals surface area contributed by atoms with Crippen molar-refractivity contribution in [2.45, 2.75) is 31.1 Å². The van der Waals surface area contributed by atoms with Gasteiger partial charge in [0.05, 0.1) is 0 Å². The van der Waals surface area contributed by atoms with E-state index in [0.717, 1.165) is 12.2 Å². The van der Waals surface area contributed by atoms with Crippen LogP contribution < -0.4 is 10.6 Å². The van der Waals surface area contributed by atoms with E-state index in [2.05, 4.69) is 10.6 Å². The van der Waals surface area contributed by atoms with Gasteiger partial charge in [0, 0.05) is 11.8 Å². The molecule has 2 amide bonds. The molecule has 86 valence electrons. The van der Waals surface area contributed by atoms with Crippen LogP contribution in [0.5, 0.6) is 0 Å². The van der Waals surface area contributed by atoms with Crippen LogP contribution in [0.1, 0.15) is 19.8 Å². The van der Waals surface area contributed by atoms with Crippen molar-refractivity contribution in [1.82, 2.24) is 10.6 Å². The van der Waals surface area contributed by atoms with Crippen molar-refractivity contribution >= 4 is 23.8 Å². The van der Waals surface area contributed by atoms with Gasteiger partial charge in [-0.05, 0) is 25.5 Å². The van der Waals surface area contributed by atoms with E-state index in [1.165, 1.54) is 13.3 Å². The Bertz CT molecular complexity index is 242. The fourth-order valence-corrected chi connectivity index (χ4v) is 2.52. The number of carboxylic acids is 1. The lowest BCUT2D eigenvalue weighted by molar-refractivity contribution is -0.138. The number of amides is 2. The highest BCUT2D eigenvalue weighted by atomic mass is 32.2. The SMILES string of the molecule is CC(NC(=O)NCC1CCCS1)C(=O)O. The minimum Gasteiger partial charge on any atom is -0.480 e. The first-order chi connectivity index (χ1) is 7.09. The van der Waals surface area contributed by atoms with E-state index in [-0.39, 0.29) is 0 Å². The van der Waals surface area contributed by atoms with Crippen LogP contribution in [0, 0.1) is 0 Å². The summed E-state index contributed by atoms with van der Waals surface area (Å²) in [5, 5.41) is 14.1. The predicted octanol–water partition coefficient (Wildman–Crippen LogP) is 0.654. The molecule has 1 fully saturated rings. The Kier molecular flexibility index (Phi) is 4.74. The molecule has 5 nitrogen and oxygen atoms in total. The minimum absolute atomic E-state index is 0.405. The zero-order chi connectivity index (χ0) is 11.3. The summed E-state index contributed by atoms with van der Waals surface area (Å²) < 4.78 is 0. The maximum Gasteiger partial charge on any atom is 0.325 e. The van der Waals surface area contributed by atoms with Crippen LogP contribution in [-0.4, -0.2) is 40.7 Å². The van der Waals surface area contributed by atoms with Crippen molar-refractivity contribution in [3.8, 4) is 0 Å². The Morgan fingerprint density at radius 1 is 1.60 bits per heavy atom. The van der Waals surface area contributed by atoms with Gasteiger partial charge in [-0.15, -0.1) is 0 Å². The summed E-state index contributed by atoms with van der Waals surface area (Å²) >= 11 is 1.85. The Balaban J connectivity index is 2.15. The second-order valence-corrected chi connectivity index (χ2v) is 4.96. The van der Waals surface area contributed by atoms with Gasteiger partial charge in [0.2, 0.25) is 0 Å². The number of carbonyl (C=O) groups is 2. The van der Waals surface area contributed by atoms with E-state index in [1.807, 2.05) is 11.8 Å². The fourth-order valence-electron chi connectivity index (χ4n) is 1.32. The largest absolute Gasteiger partial charge is 0.480 e. The van der Waals surface area contributed by atoms with Crippen LogP contribution in [-0.2, 0) is 4.79 Å². The maximum atomic E-state index is 11.2. The molecule has 0 spiro atoms. The zero-order valence-corrected chi connectivity index (χ0v) is 9.47. The molecule has 1 heterocycles. The number of nitrogens with one attached hydrogen (secondary N) is 2. The van der Waals surface area contributed by atoms with E-state index in [9.17, 15) is 9.59 Å². The number of rotatable bonds is 4. The third-order valence-corrected chi connectivity index (χ3v) is 3.63. The summed E-state index contributed by atoms with van der Waals surface area (Å²) in [5.74, 6) is 0.125. The van der Waals surface area contributed by atoms with Gasteiger partial charge in [-0.1, -0.05) is 0 Å². The number of hydrogen-bond donors (Lipinski definition) is 3. The molecule has 0 aromatic carbocycles. The molecule has 3 N–H and O–H groups in total. The molecule has 0 aromatic heterocycles. The minimum atomic E-state index is -1.03. The van der Waals surface area contributed by atoms with Gasteiger partial charge < -0.3 is 15.7 Å². The average molecular weight is 232 g/mol. The van der Waals surface area contributed by atoms with Gasteiger partial charge in [0.15, 0.2) is 0 Å². The molecule has 1 saturated heterocycles. The molecule has 0 aliphatic carbocycles. The summed E-state index contributed by atoms with van der Waals surface area (Å²) in [4.78, 5) is 21.7. The van der Waals surface area contributed by atoms with Gasteiger partial charge in [-0.2, -0.15) is 11.8 Å².